The monoisotopic (exact) mass is 235 g/mol. The molecule has 1 saturated carbocycles. The van der Waals surface area contributed by atoms with Crippen LogP contribution in [0.3, 0.4) is 0 Å². The average Bonchev–Trinajstić information content (AvgIpc) is 2.38. The fourth-order valence-corrected chi connectivity index (χ4v) is 2.26. The van der Waals surface area contributed by atoms with E-state index >= 15 is 0 Å². The van der Waals surface area contributed by atoms with Gasteiger partial charge >= 0.3 is 0 Å². The van der Waals surface area contributed by atoms with E-state index in [-0.39, 0.29) is 0 Å². The normalized spacial score (nSPS) is 24.6. The molecule has 1 aliphatic rings. The smallest absolute Gasteiger partial charge is 0.213 e. The van der Waals surface area contributed by atoms with Gasteiger partial charge in [-0.05, 0) is 37.3 Å². The van der Waals surface area contributed by atoms with Crippen molar-refractivity contribution in [3.63, 3.8) is 0 Å². The number of nitrogens with zero attached hydrogens (tertiary/aromatic N) is 1. The molecule has 1 aromatic heterocycles. The van der Waals surface area contributed by atoms with Gasteiger partial charge in [-0.1, -0.05) is 0 Å². The Labute approximate surface area is 103 Å². The molecule has 0 bridgehead atoms. The Hall–Kier alpha value is -1.13. The minimum absolute atomic E-state index is 0.411. The van der Waals surface area contributed by atoms with Crippen LogP contribution in [-0.4, -0.2) is 24.2 Å². The predicted molar refractivity (Wildman–Crippen MR) is 67.9 cm³/mol. The molecule has 3 N–H and O–H groups in total. The molecule has 1 fully saturated rings. The van der Waals surface area contributed by atoms with E-state index in [0.717, 1.165) is 19.4 Å². The molecule has 1 aliphatic carbocycles. The van der Waals surface area contributed by atoms with Crippen molar-refractivity contribution >= 4 is 0 Å². The highest BCUT2D eigenvalue weighted by Crippen LogP contribution is 2.17. The molecule has 4 heteroatoms. The maximum atomic E-state index is 5.89. The molecular formula is C13H21N3O. The zero-order valence-corrected chi connectivity index (χ0v) is 10.4. The van der Waals surface area contributed by atoms with Crippen molar-refractivity contribution in [3.05, 3.63) is 23.9 Å². The summed E-state index contributed by atoms with van der Waals surface area (Å²) in [5, 5.41) is 3.57. The molecule has 2 rings (SSSR count). The maximum Gasteiger partial charge on any atom is 0.213 e. The van der Waals surface area contributed by atoms with Crippen LogP contribution in [-0.2, 0) is 6.54 Å². The van der Waals surface area contributed by atoms with Gasteiger partial charge in [0.15, 0.2) is 0 Å². The van der Waals surface area contributed by atoms with Gasteiger partial charge in [0.05, 0.1) is 7.11 Å². The van der Waals surface area contributed by atoms with Crippen LogP contribution in [0.4, 0.5) is 0 Å². The van der Waals surface area contributed by atoms with Gasteiger partial charge in [-0.15, -0.1) is 0 Å². The first-order valence-corrected chi connectivity index (χ1v) is 6.26. The predicted octanol–water partition coefficient (Wildman–Crippen LogP) is 1.45. The highest BCUT2D eigenvalue weighted by Gasteiger charge is 2.17. The van der Waals surface area contributed by atoms with Crippen LogP contribution < -0.4 is 15.8 Å². The van der Waals surface area contributed by atoms with Gasteiger partial charge in [0.25, 0.3) is 0 Å². The minimum atomic E-state index is 0.411. The van der Waals surface area contributed by atoms with E-state index in [4.69, 9.17) is 10.5 Å². The molecule has 17 heavy (non-hydrogen) atoms. The molecule has 0 atom stereocenters. The molecule has 1 aromatic rings. The molecule has 0 unspecified atom stereocenters. The average molecular weight is 235 g/mol. The Morgan fingerprint density at radius 3 is 2.88 bits per heavy atom. The summed E-state index contributed by atoms with van der Waals surface area (Å²) in [5.41, 5.74) is 7.10. The van der Waals surface area contributed by atoms with Crippen molar-refractivity contribution in [2.45, 2.75) is 44.3 Å². The molecule has 94 valence electrons. The number of hydrogen-bond acceptors (Lipinski definition) is 4. The van der Waals surface area contributed by atoms with Crippen LogP contribution in [0.2, 0.25) is 0 Å². The van der Waals surface area contributed by atoms with Crippen LogP contribution in [0.1, 0.15) is 31.2 Å². The summed E-state index contributed by atoms with van der Waals surface area (Å²) in [5.74, 6) is 0.676. The van der Waals surface area contributed by atoms with Gasteiger partial charge in [-0.2, -0.15) is 0 Å². The second kappa shape index (κ2) is 5.98. The third-order valence-electron chi connectivity index (χ3n) is 3.38. The van der Waals surface area contributed by atoms with Crippen molar-refractivity contribution in [2.75, 3.05) is 7.11 Å². The van der Waals surface area contributed by atoms with Gasteiger partial charge < -0.3 is 15.8 Å². The molecule has 0 aromatic carbocycles. The zero-order valence-electron chi connectivity index (χ0n) is 10.4. The Morgan fingerprint density at radius 1 is 1.41 bits per heavy atom. The lowest BCUT2D eigenvalue weighted by molar-refractivity contribution is 0.341. The Kier molecular flexibility index (Phi) is 4.34. The molecule has 0 spiro atoms. The summed E-state index contributed by atoms with van der Waals surface area (Å²) >= 11 is 0. The Balaban J connectivity index is 1.81. The SMILES string of the molecule is COc1cc(CNC2CCC(N)CC2)ccn1. The van der Waals surface area contributed by atoms with Crippen LogP contribution in [0.5, 0.6) is 5.88 Å². The fraction of sp³-hybridized carbons (Fsp3) is 0.615. The lowest BCUT2D eigenvalue weighted by atomic mass is 9.92. The third-order valence-corrected chi connectivity index (χ3v) is 3.38. The molecule has 0 aliphatic heterocycles. The fourth-order valence-electron chi connectivity index (χ4n) is 2.26. The lowest BCUT2D eigenvalue weighted by Gasteiger charge is -2.26. The first kappa shape index (κ1) is 12.3. The minimum Gasteiger partial charge on any atom is -0.481 e. The third kappa shape index (κ3) is 3.68. The number of aromatic nitrogens is 1. The number of ether oxygens (including phenoxy) is 1. The second-order valence-corrected chi connectivity index (χ2v) is 4.70. The van der Waals surface area contributed by atoms with E-state index in [2.05, 4.69) is 10.3 Å². The Morgan fingerprint density at radius 2 is 2.18 bits per heavy atom. The van der Waals surface area contributed by atoms with Crippen molar-refractivity contribution in [1.29, 1.82) is 0 Å². The van der Waals surface area contributed by atoms with E-state index < -0.39 is 0 Å². The molecule has 0 saturated heterocycles. The molecule has 1 heterocycles. The van der Waals surface area contributed by atoms with Crippen molar-refractivity contribution < 1.29 is 4.74 Å². The molecule has 4 nitrogen and oxygen atoms in total. The van der Waals surface area contributed by atoms with Gasteiger partial charge in [-0.25, -0.2) is 4.98 Å². The summed E-state index contributed by atoms with van der Waals surface area (Å²) in [6.45, 7) is 0.874. The van der Waals surface area contributed by atoms with Gasteiger partial charge in [-0.3, -0.25) is 0 Å². The maximum absolute atomic E-state index is 5.89. The van der Waals surface area contributed by atoms with Crippen molar-refractivity contribution in [2.24, 2.45) is 5.73 Å². The van der Waals surface area contributed by atoms with Gasteiger partial charge in [0.2, 0.25) is 5.88 Å². The topological polar surface area (TPSA) is 60.2 Å². The van der Waals surface area contributed by atoms with E-state index in [1.54, 1.807) is 13.3 Å². The number of hydrogen-bond donors (Lipinski definition) is 2. The molecular weight excluding hydrogens is 214 g/mol. The van der Waals surface area contributed by atoms with Gasteiger partial charge in [0.1, 0.15) is 0 Å². The number of methoxy groups -OCH3 is 1. The van der Waals surface area contributed by atoms with E-state index in [0.29, 0.717) is 18.0 Å². The second-order valence-electron chi connectivity index (χ2n) is 4.70. The number of nitrogens with two attached hydrogens (primary N) is 1. The number of nitrogens with one attached hydrogen (secondary N) is 1. The summed E-state index contributed by atoms with van der Waals surface area (Å²) < 4.78 is 5.11. The van der Waals surface area contributed by atoms with Crippen LogP contribution in [0.25, 0.3) is 0 Å². The largest absolute Gasteiger partial charge is 0.481 e. The first-order chi connectivity index (χ1) is 8.28. The molecule has 0 radical (unpaired) electrons. The molecule has 0 amide bonds. The van der Waals surface area contributed by atoms with E-state index in [1.165, 1.54) is 18.4 Å². The standard InChI is InChI=1S/C13H21N3O/c1-17-13-8-10(6-7-15-13)9-16-12-4-2-11(14)3-5-12/h6-8,11-12,16H,2-5,9,14H2,1H3. The van der Waals surface area contributed by atoms with Crippen LogP contribution >= 0.6 is 0 Å². The van der Waals surface area contributed by atoms with Crippen molar-refractivity contribution in [1.82, 2.24) is 10.3 Å². The van der Waals surface area contributed by atoms with Crippen molar-refractivity contribution in [3.8, 4) is 5.88 Å². The summed E-state index contributed by atoms with van der Waals surface area (Å²) in [7, 11) is 1.64. The summed E-state index contributed by atoms with van der Waals surface area (Å²) in [6.07, 6.45) is 6.42. The lowest BCUT2D eigenvalue weighted by Crippen LogP contribution is -2.37. The highest BCUT2D eigenvalue weighted by molar-refractivity contribution is 5.20. The van der Waals surface area contributed by atoms with Crippen LogP contribution in [0.15, 0.2) is 18.3 Å². The zero-order chi connectivity index (χ0) is 12.1. The first-order valence-electron chi connectivity index (χ1n) is 6.26. The number of pyridine rings is 1. The quantitative estimate of drug-likeness (QED) is 0.829. The summed E-state index contributed by atoms with van der Waals surface area (Å²) in [4.78, 5) is 4.10. The number of rotatable bonds is 4. The Bertz CT molecular complexity index is 348. The van der Waals surface area contributed by atoms with E-state index in [9.17, 15) is 0 Å². The summed E-state index contributed by atoms with van der Waals surface area (Å²) in [6, 6.07) is 5.01. The van der Waals surface area contributed by atoms with E-state index in [1.807, 2.05) is 12.1 Å². The van der Waals surface area contributed by atoms with Gasteiger partial charge in [0, 0.05) is 30.9 Å². The highest BCUT2D eigenvalue weighted by atomic mass is 16.5. The van der Waals surface area contributed by atoms with Crippen LogP contribution in [0, 0.1) is 0 Å².